The van der Waals surface area contributed by atoms with Crippen molar-refractivity contribution >= 4 is 22.5 Å². The van der Waals surface area contributed by atoms with Crippen molar-refractivity contribution in [1.82, 2.24) is 14.8 Å². The molecule has 0 radical (unpaired) electrons. The minimum atomic E-state index is -5.70. The largest absolute Gasteiger partial charge is 0.422 e. The second-order valence-corrected chi connectivity index (χ2v) is 7.30. The molecular weight excluding hydrogens is 469 g/mol. The number of rotatable bonds is 3. The Balaban J connectivity index is 1.86. The Hall–Kier alpha value is -3.96. The van der Waals surface area contributed by atoms with Crippen LogP contribution in [0.4, 0.5) is 36.4 Å². The maximum Gasteiger partial charge on any atom is 0.422 e. The van der Waals surface area contributed by atoms with Crippen molar-refractivity contribution in [2.24, 2.45) is 7.05 Å². The maximum atomic E-state index is 14.3. The fraction of sp³-hybridized carbons (Fsp3) is 0.136. The van der Waals surface area contributed by atoms with Gasteiger partial charge in [0.15, 0.2) is 23.3 Å². The van der Waals surface area contributed by atoms with Crippen molar-refractivity contribution in [3.63, 3.8) is 0 Å². The van der Waals surface area contributed by atoms with E-state index in [9.17, 15) is 35.5 Å². The molecule has 1 amide bonds. The highest BCUT2D eigenvalue weighted by Gasteiger charge is 2.42. The van der Waals surface area contributed by atoms with Crippen LogP contribution in [0.5, 0.6) is 0 Å². The molecule has 4 aromatic rings. The first-order chi connectivity index (χ1) is 15.9. The van der Waals surface area contributed by atoms with Crippen molar-refractivity contribution in [3.05, 3.63) is 76.6 Å². The lowest BCUT2D eigenvalue weighted by molar-refractivity contribution is -0.143. The molecule has 12 heteroatoms. The molecule has 2 aromatic heterocycles. The van der Waals surface area contributed by atoms with E-state index in [1.54, 1.807) is 42.2 Å². The zero-order chi connectivity index (χ0) is 24.9. The summed E-state index contributed by atoms with van der Waals surface area (Å²) >= 11 is 0. The highest BCUT2D eigenvalue weighted by molar-refractivity contribution is 6.13. The van der Waals surface area contributed by atoms with Crippen LogP contribution in [0.1, 0.15) is 21.6 Å². The van der Waals surface area contributed by atoms with Crippen molar-refractivity contribution < 1.29 is 35.5 Å². The van der Waals surface area contributed by atoms with E-state index < -0.39 is 46.6 Å². The van der Waals surface area contributed by atoms with Gasteiger partial charge in [-0.05, 0) is 19.1 Å². The van der Waals surface area contributed by atoms with E-state index in [2.05, 4.69) is 10.1 Å². The van der Waals surface area contributed by atoms with Crippen LogP contribution >= 0.6 is 0 Å². The SMILES string of the molecule is Cc1c(-c2cc(C(=O)Nc3c(F)c(F)c(C(F)(F)F)c(F)c3F)c3ccccc3n2)cnn1C. The third-order valence-corrected chi connectivity index (χ3v) is 5.26. The summed E-state index contributed by atoms with van der Waals surface area (Å²) in [4.78, 5) is 17.4. The molecule has 0 saturated heterocycles. The van der Waals surface area contributed by atoms with E-state index in [0.29, 0.717) is 16.8 Å². The van der Waals surface area contributed by atoms with Crippen LogP contribution in [0.3, 0.4) is 0 Å². The lowest BCUT2D eigenvalue weighted by atomic mass is 10.0. The number of halogens is 7. The molecule has 1 N–H and O–H groups in total. The number of anilines is 1. The van der Waals surface area contributed by atoms with Crippen molar-refractivity contribution in [2.45, 2.75) is 13.1 Å². The van der Waals surface area contributed by atoms with Gasteiger partial charge in [-0.25, -0.2) is 22.5 Å². The van der Waals surface area contributed by atoms with E-state index in [0.717, 1.165) is 0 Å². The van der Waals surface area contributed by atoms with Gasteiger partial charge < -0.3 is 5.32 Å². The first-order valence-electron chi connectivity index (χ1n) is 9.55. The van der Waals surface area contributed by atoms with Crippen LogP contribution in [-0.4, -0.2) is 20.7 Å². The molecule has 0 saturated carbocycles. The molecule has 0 aliphatic carbocycles. The molecule has 2 aromatic carbocycles. The van der Waals surface area contributed by atoms with Gasteiger partial charge in [0.05, 0.1) is 23.0 Å². The summed E-state index contributed by atoms with van der Waals surface area (Å²) in [6, 6.07) is 7.47. The van der Waals surface area contributed by atoms with Gasteiger partial charge in [0.1, 0.15) is 11.3 Å². The standard InChI is InChI=1S/C22H13F7N4O/c1-9-12(8-30-33(9)2)14-7-11(10-5-3-4-6-13(10)31-14)21(34)32-20-18(25)16(23)15(22(27,28)29)17(24)19(20)26/h3-8H,1-2H3,(H,32,34). The molecule has 0 fully saturated rings. The van der Waals surface area contributed by atoms with E-state index in [1.165, 1.54) is 18.3 Å². The number of hydrogen-bond acceptors (Lipinski definition) is 3. The quantitative estimate of drug-likeness (QED) is 0.298. The summed E-state index contributed by atoms with van der Waals surface area (Å²) < 4.78 is 96.6. The Labute approximate surface area is 186 Å². The van der Waals surface area contributed by atoms with Crippen LogP contribution in [0.15, 0.2) is 36.5 Å². The minimum Gasteiger partial charge on any atom is -0.317 e. The number of carbonyl (C=O) groups excluding carboxylic acids is 1. The number of aromatic nitrogens is 3. The summed E-state index contributed by atoms with van der Waals surface area (Å²) in [5.41, 5.74) is -2.83. The summed E-state index contributed by atoms with van der Waals surface area (Å²) in [7, 11) is 1.67. The maximum absolute atomic E-state index is 14.3. The lowest BCUT2D eigenvalue weighted by Crippen LogP contribution is -2.20. The third kappa shape index (κ3) is 3.74. The Morgan fingerprint density at radius 2 is 1.62 bits per heavy atom. The van der Waals surface area contributed by atoms with Gasteiger partial charge in [0.25, 0.3) is 5.91 Å². The third-order valence-electron chi connectivity index (χ3n) is 5.26. The van der Waals surface area contributed by atoms with Crippen molar-refractivity contribution in [2.75, 3.05) is 5.32 Å². The Morgan fingerprint density at radius 1 is 1.00 bits per heavy atom. The summed E-state index contributed by atoms with van der Waals surface area (Å²) in [6.45, 7) is 1.73. The van der Waals surface area contributed by atoms with E-state index >= 15 is 0 Å². The molecular formula is C22H13F7N4O. The van der Waals surface area contributed by atoms with Crippen molar-refractivity contribution in [1.29, 1.82) is 0 Å². The number of nitrogens with zero attached hydrogens (tertiary/aromatic N) is 3. The molecule has 4 rings (SSSR count). The van der Waals surface area contributed by atoms with Crippen molar-refractivity contribution in [3.8, 4) is 11.3 Å². The second kappa shape index (κ2) is 8.12. The van der Waals surface area contributed by atoms with Gasteiger partial charge in [-0.2, -0.15) is 18.3 Å². The second-order valence-electron chi connectivity index (χ2n) is 7.30. The zero-order valence-corrected chi connectivity index (χ0v) is 17.4. The molecule has 0 spiro atoms. The van der Waals surface area contributed by atoms with E-state index in [4.69, 9.17) is 0 Å². The fourth-order valence-corrected chi connectivity index (χ4v) is 3.42. The number of pyridine rings is 1. The number of amides is 1. The van der Waals surface area contributed by atoms with Gasteiger partial charge >= 0.3 is 6.18 Å². The number of nitrogens with one attached hydrogen (secondary N) is 1. The molecule has 0 unspecified atom stereocenters. The Morgan fingerprint density at radius 3 is 2.18 bits per heavy atom. The molecule has 34 heavy (non-hydrogen) atoms. The molecule has 0 atom stereocenters. The number of aryl methyl sites for hydroxylation is 1. The molecule has 5 nitrogen and oxygen atoms in total. The van der Waals surface area contributed by atoms with Crippen LogP contribution in [0.2, 0.25) is 0 Å². The molecule has 176 valence electrons. The Kier molecular flexibility index (Phi) is 5.54. The predicted molar refractivity (Wildman–Crippen MR) is 108 cm³/mol. The van der Waals surface area contributed by atoms with Crippen LogP contribution in [0.25, 0.3) is 22.2 Å². The number of fused-ring (bicyclic) bond motifs is 1. The zero-order valence-electron chi connectivity index (χ0n) is 17.4. The predicted octanol–water partition coefficient (Wildman–Crippen LogP) is 5.77. The normalized spacial score (nSPS) is 11.8. The molecule has 0 bridgehead atoms. The first kappa shape index (κ1) is 23.2. The highest BCUT2D eigenvalue weighted by atomic mass is 19.4. The number of para-hydroxylation sites is 1. The van der Waals surface area contributed by atoms with Gasteiger partial charge in [-0.1, -0.05) is 18.2 Å². The lowest BCUT2D eigenvalue weighted by Gasteiger charge is -2.15. The summed E-state index contributed by atoms with van der Waals surface area (Å²) in [6.07, 6.45) is -4.22. The Bertz CT molecular complexity index is 1430. The average molecular weight is 482 g/mol. The van der Waals surface area contributed by atoms with Gasteiger partial charge in [-0.15, -0.1) is 0 Å². The monoisotopic (exact) mass is 482 g/mol. The number of alkyl halides is 3. The number of carbonyl (C=O) groups is 1. The van der Waals surface area contributed by atoms with Crippen LogP contribution < -0.4 is 5.32 Å². The average Bonchev–Trinajstić information content (AvgIpc) is 3.11. The van der Waals surface area contributed by atoms with Gasteiger partial charge in [0.2, 0.25) is 0 Å². The van der Waals surface area contributed by atoms with Gasteiger partial charge in [0, 0.05) is 23.7 Å². The molecule has 2 heterocycles. The summed E-state index contributed by atoms with van der Waals surface area (Å²) in [5, 5.41) is 5.97. The first-order valence-corrected chi connectivity index (χ1v) is 9.55. The van der Waals surface area contributed by atoms with Crippen LogP contribution in [0, 0.1) is 30.2 Å². The summed E-state index contributed by atoms with van der Waals surface area (Å²) in [5.74, 6) is -11.3. The smallest absolute Gasteiger partial charge is 0.317 e. The van der Waals surface area contributed by atoms with Crippen LogP contribution in [-0.2, 0) is 13.2 Å². The fourth-order valence-electron chi connectivity index (χ4n) is 3.42. The van der Waals surface area contributed by atoms with Gasteiger partial charge in [-0.3, -0.25) is 9.48 Å². The number of benzene rings is 2. The minimum absolute atomic E-state index is 0.191. The molecule has 0 aliphatic heterocycles. The van der Waals surface area contributed by atoms with E-state index in [1.807, 2.05) is 0 Å². The highest BCUT2D eigenvalue weighted by Crippen LogP contribution is 2.38. The van der Waals surface area contributed by atoms with E-state index in [-0.39, 0.29) is 16.6 Å². The number of hydrogen-bond donors (Lipinski definition) is 1. The topological polar surface area (TPSA) is 59.8 Å². The molecule has 0 aliphatic rings.